The molecule has 1 aliphatic rings. The molecule has 0 saturated heterocycles. The van der Waals surface area contributed by atoms with Gasteiger partial charge in [0.25, 0.3) is 0 Å². The topological polar surface area (TPSA) is 68.0 Å². The molecule has 1 N–H and O–H groups in total. The molecule has 0 amide bonds. The van der Waals surface area contributed by atoms with Crippen LogP contribution in [0, 0.1) is 5.92 Å². The number of hydrogen-bond donors (Lipinski definition) is 1. The summed E-state index contributed by atoms with van der Waals surface area (Å²) in [6.07, 6.45) is 10.2. The molecule has 0 atom stereocenters. The minimum Gasteiger partial charge on any atom is -0.481 e. The van der Waals surface area contributed by atoms with Crippen molar-refractivity contribution in [3.8, 4) is 0 Å². The minimum absolute atomic E-state index is 0.209. The Morgan fingerprint density at radius 2 is 2.22 bits per heavy atom. The zero-order valence-electron chi connectivity index (χ0n) is 10.7. The van der Waals surface area contributed by atoms with E-state index in [1.165, 1.54) is 32.1 Å². The monoisotopic (exact) mass is 251 g/mol. The lowest BCUT2D eigenvalue weighted by molar-refractivity contribution is -0.137. The predicted molar refractivity (Wildman–Crippen MR) is 67.2 cm³/mol. The standard InChI is InChI=1S/C13H21N3O2/c17-13(18)6-3-9-16-10-14-15-12(16)8-7-11-4-1-2-5-11/h10-11H,1-9H2,(H,17,18). The van der Waals surface area contributed by atoms with Crippen molar-refractivity contribution >= 4 is 5.97 Å². The summed E-state index contributed by atoms with van der Waals surface area (Å²) in [5.41, 5.74) is 0. The number of carboxylic acids is 1. The van der Waals surface area contributed by atoms with Crippen molar-refractivity contribution in [2.75, 3.05) is 0 Å². The SMILES string of the molecule is O=C(O)CCCn1cnnc1CCC1CCCC1. The summed E-state index contributed by atoms with van der Waals surface area (Å²) in [6, 6.07) is 0. The van der Waals surface area contributed by atoms with Gasteiger partial charge in [-0.2, -0.15) is 0 Å². The highest BCUT2D eigenvalue weighted by molar-refractivity contribution is 5.66. The van der Waals surface area contributed by atoms with Crippen molar-refractivity contribution < 1.29 is 9.90 Å². The van der Waals surface area contributed by atoms with Crippen LogP contribution in [0.2, 0.25) is 0 Å². The first kappa shape index (κ1) is 13.1. The molecule has 0 radical (unpaired) electrons. The van der Waals surface area contributed by atoms with E-state index in [4.69, 9.17) is 5.11 Å². The van der Waals surface area contributed by atoms with Gasteiger partial charge in [0.1, 0.15) is 12.2 Å². The van der Waals surface area contributed by atoms with E-state index in [1.54, 1.807) is 6.33 Å². The average molecular weight is 251 g/mol. The summed E-state index contributed by atoms with van der Waals surface area (Å²) < 4.78 is 2.00. The van der Waals surface area contributed by atoms with Crippen molar-refractivity contribution in [2.45, 2.75) is 57.9 Å². The molecule has 100 valence electrons. The number of aromatic nitrogens is 3. The van der Waals surface area contributed by atoms with E-state index in [1.807, 2.05) is 4.57 Å². The summed E-state index contributed by atoms with van der Waals surface area (Å²) in [7, 11) is 0. The molecule has 1 aromatic heterocycles. The number of nitrogens with zero attached hydrogens (tertiary/aromatic N) is 3. The van der Waals surface area contributed by atoms with E-state index in [0.717, 1.165) is 18.2 Å². The van der Waals surface area contributed by atoms with Gasteiger partial charge in [0.15, 0.2) is 0 Å². The molecular weight excluding hydrogens is 230 g/mol. The number of aliphatic carboxylic acids is 1. The van der Waals surface area contributed by atoms with Crippen LogP contribution >= 0.6 is 0 Å². The van der Waals surface area contributed by atoms with Crippen LogP contribution in [0.3, 0.4) is 0 Å². The smallest absolute Gasteiger partial charge is 0.303 e. The summed E-state index contributed by atoms with van der Waals surface area (Å²) in [4.78, 5) is 10.5. The third-order valence-corrected chi connectivity index (χ3v) is 3.74. The number of hydrogen-bond acceptors (Lipinski definition) is 3. The van der Waals surface area contributed by atoms with E-state index >= 15 is 0 Å². The maximum absolute atomic E-state index is 10.5. The fourth-order valence-corrected chi connectivity index (χ4v) is 2.69. The summed E-state index contributed by atoms with van der Waals surface area (Å²) >= 11 is 0. The molecule has 1 aromatic rings. The van der Waals surface area contributed by atoms with Gasteiger partial charge in [0.05, 0.1) is 0 Å². The highest BCUT2D eigenvalue weighted by Crippen LogP contribution is 2.28. The molecule has 0 unspecified atom stereocenters. The number of carbonyl (C=O) groups is 1. The van der Waals surface area contributed by atoms with Crippen LogP contribution in [0.25, 0.3) is 0 Å². The summed E-state index contributed by atoms with van der Waals surface area (Å²) in [5, 5.41) is 16.7. The molecule has 1 heterocycles. The van der Waals surface area contributed by atoms with E-state index in [9.17, 15) is 4.79 Å². The Kier molecular flexibility index (Phi) is 4.73. The van der Waals surface area contributed by atoms with Crippen LogP contribution in [0.5, 0.6) is 0 Å². The van der Waals surface area contributed by atoms with Gasteiger partial charge in [-0.1, -0.05) is 25.7 Å². The Balaban J connectivity index is 1.77. The number of carboxylic acid groups (broad SMARTS) is 1. The number of rotatable bonds is 7. The molecule has 2 rings (SSSR count). The maximum Gasteiger partial charge on any atom is 0.303 e. The van der Waals surface area contributed by atoms with Gasteiger partial charge in [-0.05, 0) is 18.8 Å². The van der Waals surface area contributed by atoms with E-state index in [0.29, 0.717) is 13.0 Å². The maximum atomic E-state index is 10.5. The van der Waals surface area contributed by atoms with Gasteiger partial charge in [0.2, 0.25) is 0 Å². The molecular formula is C13H21N3O2. The molecule has 5 heteroatoms. The molecule has 0 aromatic carbocycles. The molecule has 5 nitrogen and oxygen atoms in total. The predicted octanol–water partition coefficient (Wildman–Crippen LogP) is 2.27. The van der Waals surface area contributed by atoms with Crippen molar-refractivity contribution in [2.24, 2.45) is 5.92 Å². The van der Waals surface area contributed by atoms with Crippen molar-refractivity contribution in [3.05, 3.63) is 12.2 Å². The molecule has 0 bridgehead atoms. The molecule has 0 aliphatic heterocycles. The van der Waals surface area contributed by atoms with Gasteiger partial charge >= 0.3 is 5.97 Å². The molecule has 0 spiro atoms. The van der Waals surface area contributed by atoms with Crippen LogP contribution < -0.4 is 0 Å². The van der Waals surface area contributed by atoms with Crippen LogP contribution in [-0.4, -0.2) is 25.8 Å². The van der Waals surface area contributed by atoms with Gasteiger partial charge in [-0.15, -0.1) is 10.2 Å². The van der Waals surface area contributed by atoms with Gasteiger partial charge in [-0.25, -0.2) is 0 Å². The fraction of sp³-hybridized carbons (Fsp3) is 0.769. The molecule has 1 saturated carbocycles. The van der Waals surface area contributed by atoms with Crippen LogP contribution in [-0.2, 0) is 17.8 Å². The zero-order chi connectivity index (χ0) is 12.8. The first-order valence-electron chi connectivity index (χ1n) is 6.84. The van der Waals surface area contributed by atoms with E-state index < -0.39 is 5.97 Å². The summed E-state index contributed by atoms with van der Waals surface area (Å²) in [5.74, 6) is 1.12. The quantitative estimate of drug-likeness (QED) is 0.807. The number of aryl methyl sites for hydroxylation is 2. The Morgan fingerprint density at radius 3 is 2.94 bits per heavy atom. The van der Waals surface area contributed by atoms with Crippen molar-refractivity contribution in [1.82, 2.24) is 14.8 Å². The average Bonchev–Trinajstić information content (AvgIpc) is 2.96. The minimum atomic E-state index is -0.740. The van der Waals surface area contributed by atoms with Gasteiger partial charge in [0, 0.05) is 19.4 Å². The van der Waals surface area contributed by atoms with Crippen LogP contribution in [0.15, 0.2) is 6.33 Å². The third-order valence-electron chi connectivity index (χ3n) is 3.74. The zero-order valence-corrected chi connectivity index (χ0v) is 10.7. The summed E-state index contributed by atoms with van der Waals surface area (Å²) in [6.45, 7) is 0.708. The Bertz CT molecular complexity index is 383. The normalized spacial score (nSPS) is 16.2. The largest absolute Gasteiger partial charge is 0.481 e. The Hall–Kier alpha value is -1.39. The fourth-order valence-electron chi connectivity index (χ4n) is 2.69. The molecule has 1 aliphatic carbocycles. The van der Waals surface area contributed by atoms with Crippen LogP contribution in [0.4, 0.5) is 0 Å². The van der Waals surface area contributed by atoms with Gasteiger partial charge in [-0.3, -0.25) is 4.79 Å². The first-order valence-corrected chi connectivity index (χ1v) is 6.84. The van der Waals surface area contributed by atoms with Crippen molar-refractivity contribution in [1.29, 1.82) is 0 Å². The second-order valence-electron chi connectivity index (χ2n) is 5.13. The first-order chi connectivity index (χ1) is 8.75. The third kappa shape index (κ3) is 3.82. The van der Waals surface area contributed by atoms with Gasteiger partial charge < -0.3 is 9.67 Å². The lowest BCUT2D eigenvalue weighted by Crippen LogP contribution is -2.07. The molecule has 18 heavy (non-hydrogen) atoms. The van der Waals surface area contributed by atoms with E-state index in [-0.39, 0.29) is 6.42 Å². The Labute approximate surface area is 107 Å². The second kappa shape index (κ2) is 6.52. The lowest BCUT2D eigenvalue weighted by Gasteiger charge is -2.09. The van der Waals surface area contributed by atoms with E-state index in [2.05, 4.69) is 10.2 Å². The highest BCUT2D eigenvalue weighted by Gasteiger charge is 2.16. The van der Waals surface area contributed by atoms with Crippen molar-refractivity contribution in [3.63, 3.8) is 0 Å². The molecule has 1 fully saturated rings. The van der Waals surface area contributed by atoms with Crippen LogP contribution in [0.1, 0.15) is 50.8 Å². The second-order valence-corrected chi connectivity index (χ2v) is 5.13. The lowest BCUT2D eigenvalue weighted by atomic mass is 10.0. The Morgan fingerprint density at radius 1 is 1.44 bits per heavy atom. The highest BCUT2D eigenvalue weighted by atomic mass is 16.4.